The highest BCUT2D eigenvalue weighted by Gasteiger charge is 2.07. The standard InChI is InChI=1S/C9H12N2O/c1-6-7(2)11-5-4-8(6)9(12)10-3/h4-5H,1-3H3,(H,10,12). The number of aryl methyl sites for hydroxylation is 1. The van der Waals surface area contributed by atoms with E-state index in [2.05, 4.69) is 10.3 Å². The van der Waals surface area contributed by atoms with Gasteiger partial charge in [-0.2, -0.15) is 0 Å². The molecule has 3 heteroatoms. The lowest BCUT2D eigenvalue weighted by Crippen LogP contribution is -2.19. The monoisotopic (exact) mass is 164 g/mol. The normalized spacial score (nSPS) is 9.58. The van der Waals surface area contributed by atoms with E-state index in [1.54, 1.807) is 19.3 Å². The zero-order valence-electron chi connectivity index (χ0n) is 7.51. The molecule has 1 heterocycles. The molecule has 0 aliphatic heterocycles. The lowest BCUT2D eigenvalue weighted by molar-refractivity contribution is 0.0962. The molecule has 1 N–H and O–H groups in total. The van der Waals surface area contributed by atoms with Crippen LogP contribution in [0.4, 0.5) is 0 Å². The lowest BCUT2D eigenvalue weighted by Gasteiger charge is -2.05. The molecule has 0 aromatic carbocycles. The Bertz CT molecular complexity index is 307. The Balaban J connectivity index is 3.16. The van der Waals surface area contributed by atoms with E-state index in [-0.39, 0.29) is 5.91 Å². The number of rotatable bonds is 1. The van der Waals surface area contributed by atoms with Crippen LogP contribution in [-0.4, -0.2) is 17.9 Å². The number of nitrogens with zero attached hydrogens (tertiary/aromatic N) is 1. The number of nitrogens with one attached hydrogen (secondary N) is 1. The first kappa shape index (κ1) is 8.71. The first-order chi connectivity index (χ1) is 5.66. The first-order valence-electron chi connectivity index (χ1n) is 3.81. The van der Waals surface area contributed by atoms with Gasteiger partial charge in [-0.25, -0.2) is 0 Å². The molecule has 0 saturated heterocycles. The van der Waals surface area contributed by atoms with Gasteiger partial charge in [0.15, 0.2) is 0 Å². The molecule has 0 aliphatic carbocycles. The van der Waals surface area contributed by atoms with Crippen molar-refractivity contribution in [3.05, 3.63) is 29.1 Å². The minimum atomic E-state index is -0.0574. The summed E-state index contributed by atoms with van der Waals surface area (Å²) in [5.74, 6) is -0.0574. The molecule has 3 nitrogen and oxygen atoms in total. The summed E-state index contributed by atoms with van der Waals surface area (Å²) in [4.78, 5) is 15.3. The molecule has 0 radical (unpaired) electrons. The minimum absolute atomic E-state index is 0.0574. The predicted octanol–water partition coefficient (Wildman–Crippen LogP) is 1.06. The third-order valence-electron chi connectivity index (χ3n) is 1.93. The molecule has 64 valence electrons. The number of carbonyl (C=O) groups is 1. The molecule has 0 fully saturated rings. The summed E-state index contributed by atoms with van der Waals surface area (Å²) in [5.41, 5.74) is 2.54. The predicted molar refractivity (Wildman–Crippen MR) is 47.1 cm³/mol. The fourth-order valence-corrected chi connectivity index (χ4v) is 1.02. The van der Waals surface area contributed by atoms with Crippen molar-refractivity contribution in [2.75, 3.05) is 7.05 Å². The fraction of sp³-hybridized carbons (Fsp3) is 0.333. The summed E-state index contributed by atoms with van der Waals surface area (Å²) < 4.78 is 0. The van der Waals surface area contributed by atoms with Crippen molar-refractivity contribution < 1.29 is 4.79 Å². The van der Waals surface area contributed by atoms with Gasteiger partial charge >= 0.3 is 0 Å². The highest BCUT2D eigenvalue weighted by Crippen LogP contribution is 2.09. The third kappa shape index (κ3) is 1.44. The van der Waals surface area contributed by atoms with Crippen LogP contribution in [0.25, 0.3) is 0 Å². The van der Waals surface area contributed by atoms with Gasteiger partial charge in [-0.3, -0.25) is 9.78 Å². The Morgan fingerprint density at radius 1 is 1.50 bits per heavy atom. The smallest absolute Gasteiger partial charge is 0.251 e. The van der Waals surface area contributed by atoms with Crippen molar-refractivity contribution in [3.8, 4) is 0 Å². The van der Waals surface area contributed by atoms with Gasteiger partial charge in [0.25, 0.3) is 5.91 Å². The number of hydrogen-bond donors (Lipinski definition) is 1. The van der Waals surface area contributed by atoms with Crippen LogP contribution in [0.5, 0.6) is 0 Å². The van der Waals surface area contributed by atoms with E-state index < -0.39 is 0 Å². The van der Waals surface area contributed by atoms with Gasteiger partial charge in [-0.15, -0.1) is 0 Å². The maximum atomic E-state index is 11.2. The maximum Gasteiger partial charge on any atom is 0.251 e. The lowest BCUT2D eigenvalue weighted by atomic mass is 10.1. The number of pyridine rings is 1. The first-order valence-corrected chi connectivity index (χ1v) is 3.81. The molecule has 12 heavy (non-hydrogen) atoms. The molecule has 1 aromatic rings. The second kappa shape index (κ2) is 3.34. The molecule has 0 unspecified atom stereocenters. The molecule has 0 atom stereocenters. The molecule has 0 aliphatic rings. The van der Waals surface area contributed by atoms with Crippen molar-refractivity contribution in [2.45, 2.75) is 13.8 Å². The highest BCUT2D eigenvalue weighted by atomic mass is 16.1. The van der Waals surface area contributed by atoms with E-state index in [4.69, 9.17) is 0 Å². The van der Waals surface area contributed by atoms with Crippen molar-refractivity contribution >= 4 is 5.91 Å². The summed E-state index contributed by atoms with van der Waals surface area (Å²) in [5, 5.41) is 2.58. The zero-order valence-corrected chi connectivity index (χ0v) is 7.51. The van der Waals surface area contributed by atoms with Crippen LogP contribution in [0, 0.1) is 13.8 Å². The number of aromatic nitrogens is 1. The highest BCUT2D eigenvalue weighted by molar-refractivity contribution is 5.95. The van der Waals surface area contributed by atoms with Gasteiger partial charge in [-0.1, -0.05) is 0 Å². The number of amides is 1. The van der Waals surface area contributed by atoms with E-state index in [9.17, 15) is 4.79 Å². The van der Waals surface area contributed by atoms with Gasteiger partial charge < -0.3 is 5.32 Å². The van der Waals surface area contributed by atoms with Gasteiger partial charge in [0, 0.05) is 24.5 Å². The third-order valence-corrected chi connectivity index (χ3v) is 1.93. The fourth-order valence-electron chi connectivity index (χ4n) is 1.02. The average molecular weight is 164 g/mol. The Labute approximate surface area is 71.8 Å². The van der Waals surface area contributed by atoms with Gasteiger partial charge in [0.2, 0.25) is 0 Å². The molecule has 0 spiro atoms. The van der Waals surface area contributed by atoms with Gasteiger partial charge in [0.1, 0.15) is 0 Å². The quantitative estimate of drug-likeness (QED) is 0.674. The van der Waals surface area contributed by atoms with Crippen molar-refractivity contribution in [3.63, 3.8) is 0 Å². The number of hydrogen-bond acceptors (Lipinski definition) is 2. The van der Waals surface area contributed by atoms with Gasteiger partial charge in [0.05, 0.1) is 0 Å². The maximum absolute atomic E-state index is 11.2. The SMILES string of the molecule is CNC(=O)c1ccnc(C)c1C. The Morgan fingerprint density at radius 2 is 2.17 bits per heavy atom. The number of carbonyl (C=O) groups excluding carboxylic acids is 1. The molecule has 0 bridgehead atoms. The molecule has 1 rings (SSSR count). The van der Waals surface area contributed by atoms with E-state index in [0.717, 1.165) is 11.3 Å². The largest absolute Gasteiger partial charge is 0.355 e. The Kier molecular flexibility index (Phi) is 2.43. The van der Waals surface area contributed by atoms with Crippen LogP contribution in [0.15, 0.2) is 12.3 Å². The van der Waals surface area contributed by atoms with Crippen LogP contribution >= 0.6 is 0 Å². The second-order valence-electron chi connectivity index (χ2n) is 2.65. The Hall–Kier alpha value is -1.38. The topological polar surface area (TPSA) is 42.0 Å². The molecular weight excluding hydrogens is 152 g/mol. The summed E-state index contributed by atoms with van der Waals surface area (Å²) in [7, 11) is 1.62. The second-order valence-corrected chi connectivity index (χ2v) is 2.65. The Morgan fingerprint density at radius 3 is 2.75 bits per heavy atom. The van der Waals surface area contributed by atoms with Crippen LogP contribution in [0.1, 0.15) is 21.6 Å². The van der Waals surface area contributed by atoms with Crippen LogP contribution < -0.4 is 5.32 Å². The van der Waals surface area contributed by atoms with Crippen molar-refractivity contribution in [2.24, 2.45) is 0 Å². The van der Waals surface area contributed by atoms with Crippen LogP contribution in [0.3, 0.4) is 0 Å². The van der Waals surface area contributed by atoms with Gasteiger partial charge in [-0.05, 0) is 25.5 Å². The molecule has 1 amide bonds. The summed E-state index contributed by atoms with van der Waals surface area (Å²) in [6.07, 6.45) is 1.65. The summed E-state index contributed by atoms with van der Waals surface area (Å²) >= 11 is 0. The minimum Gasteiger partial charge on any atom is -0.355 e. The summed E-state index contributed by atoms with van der Waals surface area (Å²) in [6.45, 7) is 3.79. The zero-order chi connectivity index (χ0) is 9.14. The van der Waals surface area contributed by atoms with Crippen LogP contribution in [0.2, 0.25) is 0 Å². The average Bonchev–Trinajstić information content (AvgIpc) is 2.08. The van der Waals surface area contributed by atoms with E-state index >= 15 is 0 Å². The molecular formula is C9H12N2O. The molecule has 0 saturated carbocycles. The van der Waals surface area contributed by atoms with Crippen molar-refractivity contribution in [1.29, 1.82) is 0 Å². The van der Waals surface area contributed by atoms with E-state index in [1.807, 2.05) is 13.8 Å². The van der Waals surface area contributed by atoms with Crippen molar-refractivity contribution in [1.82, 2.24) is 10.3 Å². The molecule has 1 aromatic heterocycles. The van der Waals surface area contributed by atoms with E-state index in [0.29, 0.717) is 5.56 Å². The van der Waals surface area contributed by atoms with Crippen LogP contribution in [-0.2, 0) is 0 Å². The van der Waals surface area contributed by atoms with E-state index in [1.165, 1.54) is 0 Å². The summed E-state index contributed by atoms with van der Waals surface area (Å²) in [6, 6.07) is 1.72.